The summed E-state index contributed by atoms with van der Waals surface area (Å²) in [7, 11) is 0. The zero-order valence-corrected chi connectivity index (χ0v) is 18.0. The molecule has 3 unspecified atom stereocenters. The van der Waals surface area contributed by atoms with Gasteiger partial charge in [0, 0.05) is 17.2 Å². The average Bonchev–Trinajstić information content (AvgIpc) is 3.44. The summed E-state index contributed by atoms with van der Waals surface area (Å²) in [5.74, 6) is -5.67. The van der Waals surface area contributed by atoms with Gasteiger partial charge in [-0.25, -0.2) is 4.90 Å². The first kappa shape index (κ1) is 21.1. The number of carbonyl (C=O) groups excluding carboxylic acids is 4. The summed E-state index contributed by atoms with van der Waals surface area (Å²) >= 11 is 0. The molecule has 0 saturated carbocycles. The van der Waals surface area contributed by atoms with Gasteiger partial charge >= 0.3 is 0 Å². The van der Waals surface area contributed by atoms with Crippen molar-refractivity contribution >= 4 is 34.8 Å². The smallest absolute Gasteiger partial charge is 0.293 e. The van der Waals surface area contributed by atoms with Crippen LogP contribution >= 0.6 is 0 Å². The number of nitro benzene ring substituents is 1. The summed E-state index contributed by atoms with van der Waals surface area (Å²) in [5, 5.41) is 11.7. The van der Waals surface area contributed by atoms with Crippen molar-refractivity contribution in [3.05, 3.63) is 106 Å². The summed E-state index contributed by atoms with van der Waals surface area (Å²) in [6.07, 6.45) is -1.08. The number of benzene rings is 3. The summed E-state index contributed by atoms with van der Waals surface area (Å²) in [6, 6.07) is 20.1. The van der Waals surface area contributed by atoms with Crippen LogP contribution < -0.4 is 4.90 Å². The van der Waals surface area contributed by atoms with Crippen LogP contribution in [0, 0.1) is 22.0 Å². The van der Waals surface area contributed by atoms with E-state index in [-0.39, 0.29) is 16.8 Å². The van der Waals surface area contributed by atoms with Crippen molar-refractivity contribution in [2.24, 2.45) is 11.8 Å². The largest absolute Gasteiger partial charge is 0.349 e. The minimum Gasteiger partial charge on any atom is -0.349 e. The van der Waals surface area contributed by atoms with E-state index in [2.05, 4.69) is 0 Å². The van der Waals surface area contributed by atoms with E-state index in [0.717, 1.165) is 4.90 Å². The number of rotatable bonds is 3. The summed E-state index contributed by atoms with van der Waals surface area (Å²) < 4.78 is 6.17. The van der Waals surface area contributed by atoms with Crippen molar-refractivity contribution in [1.82, 2.24) is 0 Å². The first-order chi connectivity index (χ1) is 16.9. The Balaban J connectivity index is 1.56. The molecule has 3 atom stereocenters. The number of nitro groups is 1. The Bertz CT molecular complexity index is 1430. The standard InChI is InChI=1S/C26H16N2O7/c29-22-15-10-4-5-11-16(15)23(30)26(22)20-19(21(35-26)14-8-2-1-3-9-14)24(31)27(25(20)32)17-12-6-7-13-18(17)28(33)34/h1-13,19-21H. The predicted octanol–water partition coefficient (Wildman–Crippen LogP) is 3.29. The molecule has 0 aromatic heterocycles. The van der Waals surface area contributed by atoms with E-state index >= 15 is 0 Å². The molecule has 1 spiro atoms. The minimum absolute atomic E-state index is 0.120. The molecule has 3 aliphatic rings. The lowest BCUT2D eigenvalue weighted by molar-refractivity contribution is -0.384. The molecule has 9 heteroatoms. The lowest BCUT2D eigenvalue weighted by Gasteiger charge is -2.27. The number of amides is 2. The van der Waals surface area contributed by atoms with Gasteiger partial charge in [0.25, 0.3) is 5.69 Å². The third-order valence-electron chi connectivity index (χ3n) is 6.97. The van der Waals surface area contributed by atoms with E-state index in [9.17, 15) is 29.3 Å². The Kier molecular flexibility index (Phi) is 4.36. The first-order valence-electron chi connectivity index (χ1n) is 10.9. The third-order valence-corrected chi connectivity index (χ3v) is 6.97. The van der Waals surface area contributed by atoms with Gasteiger partial charge in [-0.1, -0.05) is 66.7 Å². The van der Waals surface area contributed by atoms with Crippen molar-refractivity contribution in [3.63, 3.8) is 0 Å². The first-order valence-corrected chi connectivity index (χ1v) is 10.9. The maximum atomic E-state index is 13.9. The fraction of sp³-hybridized carbons (Fsp3) is 0.154. The fourth-order valence-electron chi connectivity index (χ4n) is 5.51. The number of ether oxygens (including phenoxy) is 1. The van der Waals surface area contributed by atoms with E-state index in [1.54, 1.807) is 42.5 Å². The molecular formula is C26H16N2O7. The average molecular weight is 468 g/mol. The molecule has 6 rings (SSSR count). The van der Waals surface area contributed by atoms with E-state index in [0.29, 0.717) is 5.56 Å². The second-order valence-corrected chi connectivity index (χ2v) is 8.65. The highest BCUT2D eigenvalue weighted by Crippen LogP contribution is 2.58. The molecular weight excluding hydrogens is 452 g/mol. The quantitative estimate of drug-likeness (QED) is 0.250. The van der Waals surface area contributed by atoms with E-state index in [1.165, 1.54) is 36.4 Å². The van der Waals surface area contributed by atoms with Crippen molar-refractivity contribution < 1.29 is 28.8 Å². The lowest BCUT2D eigenvalue weighted by Crippen LogP contribution is -2.51. The third kappa shape index (κ3) is 2.61. The van der Waals surface area contributed by atoms with Crippen molar-refractivity contribution in [2.45, 2.75) is 11.7 Å². The number of Topliss-reactive ketones (excluding diaryl/α,β-unsaturated/α-hetero) is 2. The van der Waals surface area contributed by atoms with Gasteiger partial charge in [-0.15, -0.1) is 0 Å². The van der Waals surface area contributed by atoms with Gasteiger partial charge in [-0.05, 0) is 11.6 Å². The Morgan fingerprint density at radius 3 is 1.97 bits per heavy atom. The van der Waals surface area contributed by atoms with Gasteiger partial charge in [0.15, 0.2) is 0 Å². The van der Waals surface area contributed by atoms with Gasteiger partial charge in [0.2, 0.25) is 29.0 Å². The molecule has 3 aromatic rings. The van der Waals surface area contributed by atoms with Crippen molar-refractivity contribution in [3.8, 4) is 0 Å². The molecule has 9 nitrogen and oxygen atoms in total. The van der Waals surface area contributed by atoms with Gasteiger partial charge < -0.3 is 4.74 Å². The molecule has 0 radical (unpaired) electrons. The highest BCUT2D eigenvalue weighted by molar-refractivity contribution is 6.37. The Hall–Kier alpha value is -4.50. The molecule has 0 N–H and O–H groups in total. The topological polar surface area (TPSA) is 124 Å². The number of imide groups is 1. The van der Waals surface area contributed by atoms with Crippen LogP contribution in [0.25, 0.3) is 0 Å². The molecule has 2 aliphatic heterocycles. The minimum atomic E-state index is -2.22. The van der Waals surface area contributed by atoms with E-state index < -0.39 is 57.5 Å². The van der Waals surface area contributed by atoms with Crippen LogP contribution in [0.3, 0.4) is 0 Å². The predicted molar refractivity (Wildman–Crippen MR) is 121 cm³/mol. The Morgan fingerprint density at radius 2 is 1.34 bits per heavy atom. The number of fused-ring (bicyclic) bond motifs is 3. The van der Waals surface area contributed by atoms with Gasteiger partial charge in [0.1, 0.15) is 5.69 Å². The highest BCUT2D eigenvalue weighted by atomic mass is 16.6. The molecule has 0 bridgehead atoms. The van der Waals surface area contributed by atoms with Crippen molar-refractivity contribution in [1.29, 1.82) is 0 Å². The van der Waals surface area contributed by atoms with E-state index in [1.807, 2.05) is 0 Å². The fourth-order valence-corrected chi connectivity index (χ4v) is 5.51. The number of carbonyl (C=O) groups is 4. The van der Waals surface area contributed by atoms with Gasteiger partial charge in [0.05, 0.1) is 22.9 Å². The van der Waals surface area contributed by atoms with Gasteiger partial charge in [-0.2, -0.15) is 0 Å². The molecule has 2 heterocycles. The zero-order valence-electron chi connectivity index (χ0n) is 18.0. The van der Waals surface area contributed by atoms with Crippen LogP contribution in [0.4, 0.5) is 11.4 Å². The molecule has 2 fully saturated rings. The Labute approximate surface area is 198 Å². The SMILES string of the molecule is O=C1C2C(c3ccccc3)OC3(C(=O)c4ccccc4C3=O)C2C(=O)N1c1ccccc1[N+](=O)[O-]. The second kappa shape index (κ2) is 7.25. The molecule has 172 valence electrons. The van der Waals surface area contributed by atoms with Crippen LogP contribution in [0.15, 0.2) is 78.9 Å². The second-order valence-electron chi connectivity index (χ2n) is 8.65. The number of anilines is 1. The zero-order chi connectivity index (χ0) is 24.5. The number of nitrogens with zero attached hydrogens (tertiary/aromatic N) is 2. The highest BCUT2D eigenvalue weighted by Gasteiger charge is 2.75. The molecule has 35 heavy (non-hydrogen) atoms. The lowest BCUT2D eigenvalue weighted by atomic mass is 9.77. The Morgan fingerprint density at radius 1 is 0.771 bits per heavy atom. The molecule has 3 aromatic carbocycles. The normalized spacial score (nSPS) is 24.2. The summed E-state index contributed by atoms with van der Waals surface area (Å²) in [5.41, 5.74) is -2.11. The number of hydrogen-bond acceptors (Lipinski definition) is 7. The number of ketones is 2. The van der Waals surface area contributed by atoms with E-state index in [4.69, 9.17) is 4.74 Å². The van der Waals surface area contributed by atoms with Crippen LogP contribution in [-0.2, 0) is 14.3 Å². The maximum absolute atomic E-state index is 13.9. The number of para-hydroxylation sites is 2. The van der Waals surface area contributed by atoms with Crippen LogP contribution in [-0.4, -0.2) is 33.9 Å². The summed E-state index contributed by atoms with van der Waals surface area (Å²) in [6.45, 7) is 0. The van der Waals surface area contributed by atoms with Crippen molar-refractivity contribution in [2.75, 3.05) is 4.90 Å². The maximum Gasteiger partial charge on any atom is 0.293 e. The molecule has 1 aliphatic carbocycles. The van der Waals surface area contributed by atoms with Crippen LogP contribution in [0.1, 0.15) is 32.4 Å². The monoisotopic (exact) mass is 468 g/mol. The molecule has 2 saturated heterocycles. The van der Waals surface area contributed by atoms with Crippen LogP contribution in [0.5, 0.6) is 0 Å². The summed E-state index contributed by atoms with van der Waals surface area (Å²) in [4.78, 5) is 66.7. The van der Waals surface area contributed by atoms with Gasteiger partial charge in [-0.3, -0.25) is 29.3 Å². The molecule has 2 amide bonds. The number of hydrogen-bond donors (Lipinski definition) is 0. The van der Waals surface area contributed by atoms with Crippen LogP contribution in [0.2, 0.25) is 0 Å².